The highest BCUT2D eigenvalue weighted by Crippen LogP contribution is 2.47. The number of aromatic nitrogens is 1. The number of benzene rings is 1. The molecule has 4 rings (SSSR count). The van der Waals surface area contributed by atoms with Crippen molar-refractivity contribution in [2.45, 2.75) is 44.2 Å². The molecule has 23 heavy (non-hydrogen) atoms. The topological polar surface area (TPSA) is 53.2 Å². The molecule has 1 saturated heterocycles. The molecule has 0 saturated carbocycles. The minimum atomic E-state index is -0.245. The number of amides is 1. The number of aromatic amines is 1. The van der Waals surface area contributed by atoms with Crippen LogP contribution in [0.5, 0.6) is 0 Å². The number of carbonyl (C=O) groups excluding carboxylic acids is 1. The second-order valence-electron chi connectivity index (χ2n) is 6.57. The lowest BCUT2D eigenvalue weighted by atomic mass is 9.76. The summed E-state index contributed by atoms with van der Waals surface area (Å²) in [6.45, 7) is 0.637. The normalized spacial score (nSPS) is 23.3. The molecule has 2 heterocycles. The SMILES string of the molecule is O=C1CCC2(CCCc3[nH]c(=O)ccc32)N1Cc1ccccc1. The summed E-state index contributed by atoms with van der Waals surface area (Å²) in [5, 5.41) is 0. The van der Waals surface area contributed by atoms with Gasteiger partial charge in [0.05, 0.1) is 5.54 Å². The third-order valence-corrected chi connectivity index (χ3v) is 5.27. The van der Waals surface area contributed by atoms with Crippen molar-refractivity contribution in [3.8, 4) is 0 Å². The first-order valence-electron chi connectivity index (χ1n) is 8.26. The fourth-order valence-corrected chi connectivity index (χ4v) is 4.21. The van der Waals surface area contributed by atoms with Crippen molar-refractivity contribution in [2.24, 2.45) is 0 Å². The molecule has 0 bridgehead atoms. The average molecular weight is 308 g/mol. The van der Waals surface area contributed by atoms with Crippen molar-refractivity contribution in [2.75, 3.05) is 0 Å². The molecule has 1 unspecified atom stereocenters. The first kappa shape index (κ1) is 14.2. The highest BCUT2D eigenvalue weighted by Gasteiger charge is 2.48. The smallest absolute Gasteiger partial charge is 0.248 e. The fraction of sp³-hybridized carbons (Fsp3) is 0.368. The zero-order valence-corrected chi connectivity index (χ0v) is 13.0. The molecular weight excluding hydrogens is 288 g/mol. The van der Waals surface area contributed by atoms with E-state index in [9.17, 15) is 9.59 Å². The van der Waals surface area contributed by atoms with Crippen molar-refractivity contribution in [1.29, 1.82) is 0 Å². The Balaban J connectivity index is 1.78. The van der Waals surface area contributed by atoms with Gasteiger partial charge in [0.1, 0.15) is 0 Å². The van der Waals surface area contributed by atoms with Gasteiger partial charge in [-0.15, -0.1) is 0 Å². The Morgan fingerprint density at radius 2 is 1.83 bits per heavy atom. The van der Waals surface area contributed by atoms with Crippen molar-refractivity contribution in [3.05, 3.63) is 69.6 Å². The van der Waals surface area contributed by atoms with Crippen molar-refractivity contribution >= 4 is 5.91 Å². The largest absolute Gasteiger partial charge is 0.329 e. The van der Waals surface area contributed by atoms with E-state index < -0.39 is 0 Å². The molecule has 1 fully saturated rings. The van der Waals surface area contributed by atoms with Crippen molar-refractivity contribution in [3.63, 3.8) is 0 Å². The standard InChI is InChI=1S/C19H20N2O2/c22-17-9-8-15-16(20-17)7-4-11-19(15)12-10-18(23)21(19)13-14-5-2-1-3-6-14/h1-3,5-6,8-9H,4,7,10-13H2,(H,20,22). The van der Waals surface area contributed by atoms with Crippen LogP contribution in [0.4, 0.5) is 0 Å². The van der Waals surface area contributed by atoms with Crippen molar-refractivity contribution in [1.82, 2.24) is 9.88 Å². The molecule has 1 atom stereocenters. The van der Waals surface area contributed by atoms with Crippen LogP contribution >= 0.6 is 0 Å². The number of rotatable bonds is 2. The van der Waals surface area contributed by atoms with Crippen LogP contribution in [0.2, 0.25) is 0 Å². The van der Waals surface area contributed by atoms with Crippen LogP contribution in [0.3, 0.4) is 0 Å². The molecule has 2 aromatic rings. The van der Waals surface area contributed by atoms with Crippen LogP contribution in [0.15, 0.2) is 47.3 Å². The first-order chi connectivity index (χ1) is 11.2. The van der Waals surface area contributed by atoms with Crippen LogP contribution in [-0.4, -0.2) is 15.8 Å². The van der Waals surface area contributed by atoms with Gasteiger partial charge in [0.15, 0.2) is 0 Å². The third-order valence-electron chi connectivity index (χ3n) is 5.27. The van der Waals surface area contributed by atoms with Gasteiger partial charge >= 0.3 is 0 Å². The minimum absolute atomic E-state index is 0.0558. The van der Waals surface area contributed by atoms with Gasteiger partial charge < -0.3 is 9.88 Å². The lowest BCUT2D eigenvalue weighted by molar-refractivity contribution is -0.132. The van der Waals surface area contributed by atoms with Gasteiger partial charge in [-0.25, -0.2) is 0 Å². The number of nitrogens with one attached hydrogen (secondary N) is 1. The number of hydrogen-bond acceptors (Lipinski definition) is 2. The molecule has 1 aliphatic heterocycles. The number of likely N-dealkylation sites (tertiary alicyclic amines) is 1. The van der Waals surface area contributed by atoms with Crippen molar-refractivity contribution < 1.29 is 4.79 Å². The van der Waals surface area contributed by atoms with E-state index in [1.54, 1.807) is 6.07 Å². The molecule has 1 aromatic heterocycles. The van der Waals surface area contributed by atoms with Gasteiger partial charge in [0.25, 0.3) is 0 Å². The number of carbonyl (C=O) groups is 1. The minimum Gasteiger partial charge on any atom is -0.329 e. The summed E-state index contributed by atoms with van der Waals surface area (Å²) >= 11 is 0. The molecule has 2 aliphatic rings. The second kappa shape index (κ2) is 5.37. The molecule has 1 spiro atoms. The number of H-pyrrole nitrogens is 1. The van der Waals surface area contributed by atoms with E-state index >= 15 is 0 Å². The van der Waals surface area contributed by atoms with E-state index in [4.69, 9.17) is 0 Å². The maximum Gasteiger partial charge on any atom is 0.248 e. The fourth-order valence-electron chi connectivity index (χ4n) is 4.21. The van der Waals surface area contributed by atoms with Gasteiger partial charge in [0.2, 0.25) is 11.5 Å². The van der Waals surface area contributed by atoms with E-state index in [0.717, 1.165) is 42.5 Å². The first-order valence-corrected chi connectivity index (χ1v) is 8.26. The van der Waals surface area contributed by atoms with Crippen LogP contribution in [0.25, 0.3) is 0 Å². The average Bonchev–Trinajstić information content (AvgIpc) is 2.86. The van der Waals surface area contributed by atoms with Gasteiger partial charge in [-0.3, -0.25) is 9.59 Å². The van der Waals surface area contributed by atoms with Crippen LogP contribution in [0, 0.1) is 0 Å². The van der Waals surface area contributed by atoms with E-state index in [-0.39, 0.29) is 17.0 Å². The summed E-state index contributed by atoms with van der Waals surface area (Å²) in [7, 11) is 0. The Morgan fingerprint density at radius 3 is 2.65 bits per heavy atom. The number of nitrogens with zero attached hydrogens (tertiary/aromatic N) is 1. The molecule has 1 aromatic carbocycles. The Hall–Kier alpha value is -2.36. The molecule has 0 radical (unpaired) electrons. The zero-order valence-electron chi connectivity index (χ0n) is 13.0. The lowest BCUT2D eigenvalue weighted by Gasteiger charge is -2.43. The Labute approximate surface area is 135 Å². The molecule has 1 amide bonds. The van der Waals surface area contributed by atoms with E-state index in [2.05, 4.69) is 17.1 Å². The summed E-state index contributed by atoms with van der Waals surface area (Å²) in [6, 6.07) is 13.7. The highest BCUT2D eigenvalue weighted by atomic mass is 16.2. The predicted octanol–water partition coefficient (Wildman–Crippen LogP) is 2.73. The van der Waals surface area contributed by atoms with Crippen LogP contribution in [0.1, 0.15) is 42.5 Å². The molecule has 1 N–H and O–H groups in total. The van der Waals surface area contributed by atoms with Crippen LogP contribution < -0.4 is 5.56 Å². The highest BCUT2D eigenvalue weighted by molar-refractivity contribution is 5.80. The number of pyridine rings is 1. The molecule has 4 heteroatoms. The lowest BCUT2D eigenvalue weighted by Crippen LogP contribution is -2.45. The van der Waals surface area contributed by atoms with Gasteiger partial charge in [-0.05, 0) is 42.9 Å². The second-order valence-corrected chi connectivity index (χ2v) is 6.57. The number of aryl methyl sites for hydroxylation is 1. The summed E-state index contributed by atoms with van der Waals surface area (Å²) < 4.78 is 0. The summed E-state index contributed by atoms with van der Waals surface area (Å²) in [6.07, 6.45) is 4.31. The maximum absolute atomic E-state index is 12.6. The molecule has 118 valence electrons. The number of hydrogen-bond donors (Lipinski definition) is 1. The Morgan fingerprint density at radius 1 is 1.00 bits per heavy atom. The Kier molecular flexibility index (Phi) is 3.33. The van der Waals surface area contributed by atoms with E-state index in [1.807, 2.05) is 29.2 Å². The quantitative estimate of drug-likeness (QED) is 0.927. The van der Waals surface area contributed by atoms with Gasteiger partial charge in [0, 0.05) is 24.7 Å². The monoisotopic (exact) mass is 308 g/mol. The van der Waals surface area contributed by atoms with E-state index in [0.29, 0.717) is 13.0 Å². The molecule has 1 aliphatic carbocycles. The molecule has 4 nitrogen and oxygen atoms in total. The van der Waals surface area contributed by atoms with E-state index in [1.165, 1.54) is 0 Å². The summed E-state index contributed by atoms with van der Waals surface area (Å²) in [5.74, 6) is 0.216. The summed E-state index contributed by atoms with van der Waals surface area (Å²) in [5.41, 5.74) is 3.00. The van der Waals surface area contributed by atoms with Gasteiger partial charge in [-0.1, -0.05) is 30.3 Å². The maximum atomic E-state index is 12.6. The Bertz CT molecular complexity index is 797. The number of fused-ring (bicyclic) bond motifs is 2. The van der Waals surface area contributed by atoms with Crippen LogP contribution in [-0.2, 0) is 23.3 Å². The molecular formula is C19H20N2O2. The van der Waals surface area contributed by atoms with Gasteiger partial charge in [-0.2, -0.15) is 0 Å². The third kappa shape index (κ3) is 2.29. The summed E-state index contributed by atoms with van der Waals surface area (Å²) in [4.78, 5) is 29.3. The predicted molar refractivity (Wildman–Crippen MR) is 87.9 cm³/mol. The zero-order chi connectivity index (χ0) is 15.9.